The van der Waals surface area contributed by atoms with Crippen molar-refractivity contribution in [2.24, 2.45) is 14.1 Å². The van der Waals surface area contributed by atoms with E-state index < -0.39 is 0 Å². The number of nitrogens with one attached hydrogen (secondary N) is 1. The fourth-order valence-corrected chi connectivity index (χ4v) is 2.53. The van der Waals surface area contributed by atoms with Crippen molar-refractivity contribution in [3.63, 3.8) is 0 Å². The van der Waals surface area contributed by atoms with Crippen molar-refractivity contribution in [1.82, 2.24) is 14.5 Å². The maximum absolute atomic E-state index is 12.9. The van der Waals surface area contributed by atoms with E-state index in [-0.39, 0.29) is 17.4 Å². The first kappa shape index (κ1) is 15.0. The van der Waals surface area contributed by atoms with E-state index in [9.17, 15) is 14.0 Å². The Morgan fingerprint density at radius 3 is 2.39 bits per heavy atom. The average molecular weight is 313 g/mol. The second-order valence-electron chi connectivity index (χ2n) is 5.41. The number of benzene rings is 2. The number of imidazole rings is 1. The van der Waals surface area contributed by atoms with Gasteiger partial charge in [-0.1, -0.05) is 12.1 Å². The Morgan fingerprint density at radius 2 is 1.70 bits per heavy atom. The molecule has 0 fully saturated rings. The zero-order valence-corrected chi connectivity index (χ0v) is 12.8. The summed E-state index contributed by atoms with van der Waals surface area (Å²) in [6.45, 7) is 0.310. The summed E-state index contributed by atoms with van der Waals surface area (Å²) >= 11 is 0. The Kier molecular flexibility index (Phi) is 3.73. The van der Waals surface area contributed by atoms with Gasteiger partial charge in [0.05, 0.1) is 11.0 Å². The summed E-state index contributed by atoms with van der Waals surface area (Å²) in [6, 6.07) is 11.1. The normalized spacial score (nSPS) is 10.9. The van der Waals surface area contributed by atoms with Gasteiger partial charge in [0.2, 0.25) is 0 Å². The van der Waals surface area contributed by atoms with E-state index in [0.717, 1.165) is 11.1 Å². The van der Waals surface area contributed by atoms with Crippen LogP contribution in [0.25, 0.3) is 11.0 Å². The first-order chi connectivity index (χ1) is 11.0. The van der Waals surface area contributed by atoms with E-state index in [1.54, 1.807) is 44.4 Å². The van der Waals surface area contributed by atoms with Gasteiger partial charge in [-0.15, -0.1) is 0 Å². The SMILES string of the molecule is Cn1c(=O)n(C)c2cc(C(=O)NCc3ccc(F)cc3)ccc21. The minimum Gasteiger partial charge on any atom is -0.348 e. The van der Waals surface area contributed by atoms with Gasteiger partial charge in [-0.3, -0.25) is 13.9 Å². The first-order valence-corrected chi connectivity index (χ1v) is 7.15. The molecule has 3 rings (SSSR count). The summed E-state index contributed by atoms with van der Waals surface area (Å²) in [7, 11) is 3.36. The third-order valence-corrected chi connectivity index (χ3v) is 3.90. The van der Waals surface area contributed by atoms with Crippen molar-refractivity contribution < 1.29 is 9.18 Å². The largest absolute Gasteiger partial charge is 0.348 e. The molecule has 2 aromatic carbocycles. The molecule has 0 bridgehead atoms. The molecule has 6 heteroatoms. The Labute approximate surface area is 132 Å². The van der Waals surface area contributed by atoms with Gasteiger partial charge in [0, 0.05) is 26.2 Å². The molecule has 0 saturated heterocycles. The number of aryl methyl sites for hydroxylation is 2. The lowest BCUT2D eigenvalue weighted by atomic mass is 10.1. The van der Waals surface area contributed by atoms with E-state index >= 15 is 0 Å². The Hall–Kier alpha value is -2.89. The van der Waals surface area contributed by atoms with Crippen LogP contribution >= 0.6 is 0 Å². The second kappa shape index (κ2) is 5.72. The zero-order valence-electron chi connectivity index (χ0n) is 12.8. The standard InChI is InChI=1S/C17H16FN3O2/c1-20-14-8-5-12(9-15(14)21(2)17(20)23)16(22)19-10-11-3-6-13(18)7-4-11/h3-9H,10H2,1-2H3,(H,19,22). The van der Waals surface area contributed by atoms with Crippen molar-refractivity contribution in [2.45, 2.75) is 6.54 Å². The van der Waals surface area contributed by atoms with Gasteiger partial charge in [-0.2, -0.15) is 0 Å². The van der Waals surface area contributed by atoms with Gasteiger partial charge in [-0.05, 0) is 35.9 Å². The van der Waals surface area contributed by atoms with Crippen LogP contribution in [0.1, 0.15) is 15.9 Å². The molecule has 118 valence electrons. The maximum atomic E-state index is 12.9. The number of amides is 1. The van der Waals surface area contributed by atoms with Crippen LogP contribution in [-0.4, -0.2) is 15.0 Å². The molecule has 23 heavy (non-hydrogen) atoms. The number of nitrogens with zero attached hydrogens (tertiary/aromatic N) is 2. The maximum Gasteiger partial charge on any atom is 0.328 e. The average Bonchev–Trinajstić information content (AvgIpc) is 2.78. The number of hydrogen-bond acceptors (Lipinski definition) is 2. The van der Waals surface area contributed by atoms with Crippen molar-refractivity contribution in [1.29, 1.82) is 0 Å². The molecule has 3 aromatic rings. The minimum absolute atomic E-state index is 0.135. The van der Waals surface area contributed by atoms with Crippen LogP contribution in [0.3, 0.4) is 0 Å². The lowest BCUT2D eigenvalue weighted by Crippen LogP contribution is -2.22. The summed E-state index contributed by atoms with van der Waals surface area (Å²) < 4.78 is 15.9. The predicted octanol–water partition coefficient (Wildman–Crippen LogP) is 1.95. The van der Waals surface area contributed by atoms with Gasteiger partial charge >= 0.3 is 5.69 Å². The van der Waals surface area contributed by atoms with Crippen LogP contribution in [0.4, 0.5) is 4.39 Å². The van der Waals surface area contributed by atoms with Crippen LogP contribution < -0.4 is 11.0 Å². The molecule has 0 spiro atoms. The fraction of sp³-hybridized carbons (Fsp3) is 0.176. The monoisotopic (exact) mass is 313 g/mol. The topological polar surface area (TPSA) is 56.0 Å². The highest BCUT2D eigenvalue weighted by Gasteiger charge is 2.11. The molecule has 1 aromatic heterocycles. The van der Waals surface area contributed by atoms with Crippen LogP contribution in [-0.2, 0) is 20.6 Å². The molecule has 0 aliphatic carbocycles. The van der Waals surface area contributed by atoms with Crippen molar-refractivity contribution in [3.8, 4) is 0 Å². The fourth-order valence-electron chi connectivity index (χ4n) is 2.53. The van der Waals surface area contributed by atoms with Crippen molar-refractivity contribution in [3.05, 3.63) is 69.9 Å². The minimum atomic E-state index is -0.310. The predicted molar refractivity (Wildman–Crippen MR) is 85.7 cm³/mol. The molecule has 0 radical (unpaired) electrons. The number of aromatic nitrogens is 2. The van der Waals surface area contributed by atoms with Gasteiger partial charge in [0.25, 0.3) is 5.91 Å². The van der Waals surface area contributed by atoms with Gasteiger partial charge < -0.3 is 5.32 Å². The van der Waals surface area contributed by atoms with Crippen LogP contribution in [0, 0.1) is 5.82 Å². The van der Waals surface area contributed by atoms with Crippen LogP contribution in [0.15, 0.2) is 47.3 Å². The number of carbonyl (C=O) groups excluding carboxylic acids is 1. The number of fused-ring (bicyclic) bond motifs is 1. The summed E-state index contributed by atoms with van der Waals surface area (Å²) in [5, 5.41) is 2.78. The molecule has 0 aliphatic heterocycles. The first-order valence-electron chi connectivity index (χ1n) is 7.15. The van der Waals surface area contributed by atoms with Crippen LogP contribution in [0.5, 0.6) is 0 Å². The molecule has 1 N–H and O–H groups in total. The summed E-state index contributed by atoms with van der Waals surface area (Å²) in [4.78, 5) is 24.2. The summed E-state index contributed by atoms with van der Waals surface area (Å²) in [5.41, 5.74) is 2.62. The smallest absolute Gasteiger partial charge is 0.328 e. The Balaban J connectivity index is 1.82. The van der Waals surface area contributed by atoms with Crippen molar-refractivity contribution >= 4 is 16.9 Å². The molecule has 5 nitrogen and oxygen atoms in total. The van der Waals surface area contributed by atoms with Crippen molar-refractivity contribution in [2.75, 3.05) is 0 Å². The van der Waals surface area contributed by atoms with Gasteiger partial charge in [-0.25, -0.2) is 9.18 Å². The lowest BCUT2D eigenvalue weighted by Gasteiger charge is -2.06. The molecule has 1 amide bonds. The van der Waals surface area contributed by atoms with Gasteiger partial charge in [0.15, 0.2) is 0 Å². The van der Waals surface area contributed by atoms with E-state index in [4.69, 9.17) is 0 Å². The second-order valence-corrected chi connectivity index (χ2v) is 5.41. The third-order valence-electron chi connectivity index (χ3n) is 3.90. The van der Waals surface area contributed by atoms with E-state index in [0.29, 0.717) is 17.6 Å². The molecule has 1 heterocycles. The number of rotatable bonds is 3. The molecule has 0 saturated carbocycles. The molecule has 0 aliphatic rings. The quantitative estimate of drug-likeness (QED) is 0.803. The van der Waals surface area contributed by atoms with E-state index in [1.165, 1.54) is 21.3 Å². The Morgan fingerprint density at radius 1 is 1.04 bits per heavy atom. The molecular formula is C17H16FN3O2. The summed E-state index contributed by atoms with van der Waals surface area (Å²) in [6.07, 6.45) is 0. The molecule has 0 atom stereocenters. The summed E-state index contributed by atoms with van der Waals surface area (Å²) in [5.74, 6) is -0.553. The number of hydrogen-bond donors (Lipinski definition) is 1. The molecular weight excluding hydrogens is 297 g/mol. The third kappa shape index (κ3) is 2.75. The highest BCUT2D eigenvalue weighted by molar-refractivity contribution is 5.97. The highest BCUT2D eigenvalue weighted by atomic mass is 19.1. The van der Waals surface area contributed by atoms with E-state index in [1.807, 2.05) is 0 Å². The lowest BCUT2D eigenvalue weighted by molar-refractivity contribution is 0.0951. The molecule has 0 unspecified atom stereocenters. The van der Waals surface area contributed by atoms with Gasteiger partial charge in [0.1, 0.15) is 5.82 Å². The zero-order chi connectivity index (χ0) is 16.6. The number of carbonyl (C=O) groups is 1. The van der Waals surface area contributed by atoms with E-state index in [2.05, 4.69) is 5.32 Å². The highest BCUT2D eigenvalue weighted by Crippen LogP contribution is 2.14. The number of halogens is 1. The van der Waals surface area contributed by atoms with Crippen LogP contribution in [0.2, 0.25) is 0 Å². The Bertz CT molecular complexity index is 939.